The Morgan fingerprint density at radius 3 is 2.47 bits per heavy atom. The highest BCUT2D eigenvalue weighted by molar-refractivity contribution is 5.35. The third-order valence-electron chi connectivity index (χ3n) is 2.38. The molecule has 1 aromatic rings. The average molecular weight is 238 g/mol. The molecule has 0 spiro atoms. The standard InChI is InChI=1S/C14H22O3/c1-10(2)16-8-13(15)9-17-14-6-5-11(3)7-12(14)4/h5-7,10,13,15H,8-9H2,1-4H3. The summed E-state index contributed by atoms with van der Waals surface area (Å²) in [6.07, 6.45) is -0.455. The van der Waals surface area contributed by atoms with Gasteiger partial charge in [-0.05, 0) is 39.3 Å². The Hall–Kier alpha value is -1.06. The van der Waals surface area contributed by atoms with Gasteiger partial charge in [-0.15, -0.1) is 0 Å². The van der Waals surface area contributed by atoms with Gasteiger partial charge in [0, 0.05) is 0 Å². The Labute approximate surface area is 103 Å². The van der Waals surface area contributed by atoms with Crippen LogP contribution in [-0.2, 0) is 4.74 Å². The Morgan fingerprint density at radius 2 is 1.88 bits per heavy atom. The van der Waals surface area contributed by atoms with E-state index in [4.69, 9.17) is 9.47 Å². The minimum atomic E-state index is -0.585. The molecule has 0 saturated heterocycles. The summed E-state index contributed by atoms with van der Waals surface area (Å²) >= 11 is 0. The van der Waals surface area contributed by atoms with E-state index in [0.717, 1.165) is 11.3 Å². The van der Waals surface area contributed by atoms with Crippen LogP contribution < -0.4 is 4.74 Å². The first-order valence-corrected chi connectivity index (χ1v) is 5.98. The molecule has 1 rings (SSSR count). The summed E-state index contributed by atoms with van der Waals surface area (Å²) in [6, 6.07) is 5.99. The van der Waals surface area contributed by atoms with Crippen LogP contribution >= 0.6 is 0 Å². The summed E-state index contributed by atoms with van der Waals surface area (Å²) in [5, 5.41) is 9.65. The SMILES string of the molecule is Cc1ccc(OCC(O)COC(C)C)c(C)c1. The smallest absolute Gasteiger partial charge is 0.122 e. The van der Waals surface area contributed by atoms with Gasteiger partial charge in [0.2, 0.25) is 0 Å². The highest BCUT2D eigenvalue weighted by Gasteiger charge is 2.08. The molecule has 0 amide bonds. The number of aryl methyl sites for hydroxylation is 2. The van der Waals surface area contributed by atoms with Crippen LogP contribution in [0.3, 0.4) is 0 Å². The zero-order valence-electron chi connectivity index (χ0n) is 11.1. The quantitative estimate of drug-likeness (QED) is 0.827. The van der Waals surface area contributed by atoms with Crippen molar-refractivity contribution in [1.29, 1.82) is 0 Å². The molecule has 0 aliphatic carbocycles. The largest absolute Gasteiger partial charge is 0.491 e. The van der Waals surface area contributed by atoms with Crippen LogP contribution in [0.25, 0.3) is 0 Å². The summed E-state index contributed by atoms with van der Waals surface area (Å²) < 4.78 is 10.9. The predicted molar refractivity (Wildman–Crippen MR) is 68.5 cm³/mol. The minimum Gasteiger partial charge on any atom is -0.491 e. The number of aliphatic hydroxyl groups is 1. The van der Waals surface area contributed by atoms with E-state index in [1.165, 1.54) is 5.56 Å². The van der Waals surface area contributed by atoms with E-state index in [-0.39, 0.29) is 12.7 Å². The van der Waals surface area contributed by atoms with Crippen molar-refractivity contribution >= 4 is 0 Å². The first kappa shape index (κ1) is 14.0. The molecule has 17 heavy (non-hydrogen) atoms. The van der Waals surface area contributed by atoms with Crippen molar-refractivity contribution in [3.63, 3.8) is 0 Å². The molecule has 1 atom stereocenters. The molecule has 0 aliphatic rings. The molecule has 1 unspecified atom stereocenters. The molecule has 0 radical (unpaired) electrons. The zero-order valence-corrected chi connectivity index (χ0v) is 11.1. The van der Waals surface area contributed by atoms with Gasteiger partial charge in [0.1, 0.15) is 18.5 Å². The van der Waals surface area contributed by atoms with Gasteiger partial charge in [0.25, 0.3) is 0 Å². The van der Waals surface area contributed by atoms with Gasteiger partial charge >= 0.3 is 0 Å². The second-order valence-corrected chi connectivity index (χ2v) is 4.62. The first-order chi connectivity index (χ1) is 7.99. The lowest BCUT2D eigenvalue weighted by molar-refractivity contribution is -0.0123. The Bertz CT molecular complexity index is 347. The molecule has 1 N–H and O–H groups in total. The highest BCUT2D eigenvalue weighted by Crippen LogP contribution is 2.18. The van der Waals surface area contributed by atoms with E-state index in [9.17, 15) is 5.11 Å². The van der Waals surface area contributed by atoms with Crippen molar-refractivity contribution in [1.82, 2.24) is 0 Å². The van der Waals surface area contributed by atoms with E-state index in [1.807, 2.05) is 39.8 Å². The number of rotatable bonds is 6. The van der Waals surface area contributed by atoms with Crippen molar-refractivity contribution < 1.29 is 14.6 Å². The summed E-state index contributed by atoms with van der Waals surface area (Å²) in [6.45, 7) is 8.50. The number of hydrogen-bond acceptors (Lipinski definition) is 3. The molecule has 0 bridgehead atoms. The number of hydrogen-bond donors (Lipinski definition) is 1. The molecule has 0 aliphatic heterocycles. The molecule has 0 heterocycles. The van der Waals surface area contributed by atoms with Gasteiger partial charge in [-0.25, -0.2) is 0 Å². The van der Waals surface area contributed by atoms with Crippen LogP contribution in [0.5, 0.6) is 5.75 Å². The van der Waals surface area contributed by atoms with Gasteiger partial charge in [0.15, 0.2) is 0 Å². The van der Waals surface area contributed by atoms with Crippen LogP contribution in [0.15, 0.2) is 18.2 Å². The Kier molecular flexibility index (Phi) is 5.45. The molecule has 0 fully saturated rings. The molecular formula is C14H22O3. The maximum atomic E-state index is 9.65. The Balaban J connectivity index is 2.39. The molecule has 3 nitrogen and oxygen atoms in total. The van der Waals surface area contributed by atoms with Gasteiger partial charge in [-0.3, -0.25) is 0 Å². The van der Waals surface area contributed by atoms with E-state index in [1.54, 1.807) is 0 Å². The van der Waals surface area contributed by atoms with Gasteiger partial charge in [-0.1, -0.05) is 17.7 Å². The maximum absolute atomic E-state index is 9.65. The van der Waals surface area contributed by atoms with Crippen LogP contribution in [-0.4, -0.2) is 30.5 Å². The lowest BCUT2D eigenvalue weighted by Crippen LogP contribution is -2.25. The van der Waals surface area contributed by atoms with E-state index < -0.39 is 6.10 Å². The number of aliphatic hydroxyl groups excluding tert-OH is 1. The molecular weight excluding hydrogens is 216 g/mol. The third kappa shape index (κ3) is 5.20. The highest BCUT2D eigenvalue weighted by atomic mass is 16.5. The minimum absolute atomic E-state index is 0.130. The van der Waals surface area contributed by atoms with Crippen molar-refractivity contribution in [2.75, 3.05) is 13.2 Å². The molecule has 3 heteroatoms. The molecule has 1 aromatic carbocycles. The molecule has 96 valence electrons. The zero-order chi connectivity index (χ0) is 12.8. The van der Waals surface area contributed by atoms with Gasteiger partial charge in [-0.2, -0.15) is 0 Å². The second kappa shape index (κ2) is 6.62. The van der Waals surface area contributed by atoms with Crippen molar-refractivity contribution in [3.05, 3.63) is 29.3 Å². The van der Waals surface area contributed by atoms with E-state index in [2.05, 4.69) is 6.07 Å². The molecule has 0 aromatic heterocycles. The first-order valence-electron chi connectivity index (χ1n) is 5.98. The van der Waals surface area contributed by atoms with Crippen molar-refractivity contribution in [3.8, 4) is 5.75 Å². The molecule has 0 saturated carbocycles. The fourth-order valence-electron chi connectivity index (χ4n) is 1.50. The summed E-state index contributed by atoms with van der Waals surface area (Å²) in [4.78, 5) is 0. The van der Waals surface area contributed by atoms with Crippen molar-refractivity contribution in [2.24, 2.45) is 0 Å². The summed E-state index contributed by atoms with van der Waals surface area (Å²) in [5.74, 6) is 0.819. The van der Waals surface area contributed by atoms with E-state index >= 15 is 0 Å². The summed E-state index contributed by atoms with van der Waals surface area (Å²) in [7, 11) is 0. The maximum Gasteiger partial charge on any atom is 0.122 e. The van der Waals surface area contributed by atoms with Crippen LogP contribution in [0.1, 0.15) is 25.0 Å². The Morgan fingerprint density at radius 1 is 1.18 bits per heavy atom. The normalized spacial score (nSPS) is 12.8. The lowest BCUT2D eigenvalue weighted by atomic mass is 10.1. The van der Waals surface area contributed by atoms with Gasteiger partial charge < -0.3 is 14.6 Å². The third-order valence-corrected chi connectivity index (χ3v) is 2.38. The van der Waals surface area contributed by atoms with Crippen LogP contribution in [0.2, 0.25) is 0 Å². The monoisotopic (exact) mass is 238 g/mol. The van der Waals surface area contributed by atoms with E-state index in [0.29, 0.717) is 6.61 Å². The van der Waals surface area contributed by atoms with Crippen molar-refractivity contribution in [2.45, 2.75) is 39.9 Å². The fourth-order valence-corrected chi connectivity index (χ4v) is 1.50. The summed E-state index contributed by atoms with van der Waals surface area (Å²) in [5.41, 5.74) is 2.29. The number of benzene rings is 1. The second-order valence-electron chi connectivity index (χ2n) is 4.62. The van der Waals surface area contributed by atoms with Gasteiger partial charge in [0.05, 0.1) is 12.7 Å². The fraction of sp³-hybridized carbons (Fsp3) is 0.571. The van der Waals surface area contributed by atoms with Crippen LogP contribution in [0.4, 0.5) is 0 Å². The number of ether oxygens (including phenoxy) is 2. The topological polar surface area (TPSA) is 38.7 Å². The van der Waals surface area contributed by atoms with Crippen LogP contribution in [0, 0.1) is 13.8 Å². The lowest BCUT2D eigenvalue weighted by Gasteiger charge is -2.15. The average Bonchev–Trinajstić information content (AvgIpc) is 2.25. The predicted octanol–water partition coefficient (Wildman–Crippen LogP) is 2.47.